The zero-order chi connectivity index (χ0) is 18.9. The molecule has 1 aromatic carbocycles. The predicted molar refractivity (Wildman–Crippen MR) is 120 cm³/mol. The van der Waals surface area contributed by atoms with Gasteiger partial charge in [0.05, 0.1) is 32.0 Å². The predicted octanol–water partition coefficient (Wildman–Crippen LogP) is 3.00. The van der Waals surface area contributed by atoms with Gasteiger partial charge >= 0.3 is 0 Å². The van der Waals surface area contributed by atoms with Gasteiger partial charge in [-0.1, -0.05) is 0 Å². The van der Waals surface area contributed by atoms with Gasteiger partial charge in [-0.2, -0.15) is 0 Å². The van der Waals surface area contributed by atoms with E-state index in [2.05, 4.69) is 26.0 Å². The molecule has 0 spiro atoms. The fourth-order valence-corrected chi connectivity index (χ4v) is 3.11. The first-order valence-electron chi connectivity index (χ1n) is 8.25. The molecule has 2 N–H and O–H groups in total. The van der Waals surface area contributed by atoms with Gasteiger partial charge in [0.15, 0.2) is 17.5 Å². The summed E-state index contributed by atoms with van der Waals surface area (Å²) in [6, 6.07) is 3.71. The molecule has 1 heterocycles. The number of methoxy groups -OCH3 is 3. The highest BCUT2D eigenvalue weighted by Gasteiger charge is 2.12. The Morgan fingerprint density at radius 3 is 2.30 bits per heavy atom. The van der Waals surface area contributed by atoms with E-state index in [0.29, 0.717) is 24.0 Å². The second-order valence-corrected chi connectivity index (χ2v) is 6.54. The summed E-state index contributed by atoms with van der Waals surface area (Å²) in [5.74, 6) is 2.73. The number of aliphatic imine (C=N–C) groups is 1. The van der Waals surface area contributed by atoms with Gasteiger partial charge in [0, 0.05) is 43.6 Å². The van der Waals surface area contributed by atoms with Gasteiger partial charge in [-0.3, -0.25) is 4.99 Å². The first-order valence-corrected chi connectivity index (χ1v) is 9.13. The fraction of sp³-hybridized carbons (Fsp3) is 0.444. The Balaban J connectivity index is 0.00000364. The van der Waals surface area contributed by atoms with E-state index in [0.717, 1.165) is 35.0 Å². The van der Waals surface area contributed by atoms with Crippen molar-refractivity contribution in [1.82, 2.24) is 15.6 Å². The number of aromatic nitrogens is 1. The molecule has 0 bridgehead atoms. The minimum absolute atomic E-state index is 0. The Hall–Kier alpha value is -1.75. The Kier molecular flexibility index (Phi) is 10.2. The van der Waals surface area contributed by atoms with E-state index in [-0.39, 0.29) is 24.0 Å². The minimum atomic E-state index is 0. The molecule has 0 atom stereocenters. The molecule has 27 heavy (non-hydrogen) atoms. The van der Waals surface area contributed by atoms with E-state index in [1.807, 2.05) is 19.1 Å². The Morgan fingerprint density at radius 1 is 1.07 bits per heavy atom. The second kappa shape index (κ2) is 11.9. The van der Waals surface area contributed by atoms with Crippen LogP contribution in [0.5, 0.6) is 17.2 Å². The van der Waals surface area contributed by atoms with Crippen molar-refractivity contribution >= 4 is 41.3 Å². The standard InChI is InChI=1S/C18H26N4O3S.HI/c1-12-22-14(11-26-12)6-7-20-18(19-2)21-10-13-8-16(24-4)17(25-5)9-15(13)23-3;/h8-9,11H,6-7,10H2,1-5H3,(H2,19,20,21);1H. The van der Waals surface area contributed by atoms with Gasteiger partial charge in [0.1, 0.15) is 5.75 Å². The molecule has 0 saturated carbocycles. The number of nitrogens with zero attached hydrogens (tertiary/aromatic N) is 2. The number of benzene rings is 1. The second-order valence-electron chi connectivity index (χ2n) is 5.48. The molecular weight excluding hydrogens is 479 g/mol. The van der Waals surface area contributed by atoms with Crippen molar-refractivity contribution in [2.24, 2.45) is 4.99 Å². The van der Waals surface area contributed by atoms with Crippen molar-refractivity contribution in [1.29, 1.82) is 0 Å². The molecule has 1 aromatic heterocycles. The maximum absolute atomic E-state index is 5.45. The van der Waals surface area contributed by atoms with Crippen LogP contribution in [0, 0.1) is 6.92 Å². The average Bonchev–Trinajstić information content (AvgIpc) is 3.08. The fourth-order valence-electron chi connectivity index (χ4n) is 2.46. The van der Waals surface area contributed by atoms with Crippen LogP contribution in [-0.4, -0.2) is 45.9 Å². The lowest BCUT2D eigenvalue weighted by atomic mass is 10.1. The summed E-state index contributed by atoms with van der Waals surface area (Å²) >= 11 is 1.67. The highest BCUT2D eigenvalue weighted by Crippen LogP contribution is 2.34. The topological polar surface area (TPSA) is 77.0 Å². The quantitative estimate of drug-likeness (QED) is 0.326. The Morgan fingerprint density at radius 2 is 1.74 bits per heavy atom. The van der Waals surface area contributed by atoms with Crippen molar-refractivity contribution in [3.63, 3.8) is 0 Å². The molecule has 0 fully saturated rings. The van der Waals surface area contributed by atoms with Crippen LogP contribution in [0.25, 0.3) is 0 Å². The number of hydrogen-bond acceptors (Lipinski definition) is 6. The third-order valence-electron chi connectivity index (χ3n) is 3.80. The lowest BCUT2D eigenvalue weighted by Gasteiger charge is -2.16. The van der Waals surface area contributed by atoms with E-state index in [9.17, 15) is 0 Å². The van der Waals surface area contributed by atoms with E-state index < -0.39 is 0 Å². The van der Waals surface area contributed by atoms with Gasteiger partial charge in [0.2, 0.25) is 0 Å². The molecule has 0 aliphatic heterocycles. The maximum Gasteiger partial charge on any atom is 0.191 e. The molecule has 2 rings (SSSR count). The van der Waals surface area contributed by atoms with E-state index in [1.165, 1.54) is 0 Å². The summed E-state index contributed by atoms with van der Waals surface area (Å²) in [6.45, 7) is 3.31. The van der Waals surface area contributed by atoms with Crippen LogP contribution in [-0.2, 0) is 13.0 Å². The van der Waals surface area contributed by atoms with E-state index in [1.54, 1.807) is 39.7 Å². The number of thiazole rings is 1. The number of ether oxygens (including phenoxy) is 3. The number of nitrogens with one attached hydrogen (secondary N) is 2. The van der Waals surface area contributed by atoms with Crippen molar-refractivity contribution in [2.75, 3.05) is 34.9 Å². The minimum Gasteiger partial charge on any atom is -0.496 e. The average molecular weight is 506 g/mol. The Bertz CT molecular complexity index is 752. The van der Waals surface area contributed by atoms with Crippen molar-refractivity contribution < 1.29 is 14.2 Å². The molecule has 0 aliphatic rings. The number of aryl methyl sites for hydroxylation is 1. The highest BCUT2D eigenvalue weighted by molar-refractivity contribution is 14.0. The molecule has 0 radical (unpaired) electrons. The lowest BCUT2D eigenvalue weighted by molar-refractivity contribution is 0.347. The van der Waals surface area contributed by atoms with Crippen molar-refractivity contribution in [3.8, 4) is 17.2 Å². The van der Waals surface area contributed by atoms with Crippen molar-refractivity contribution in [3.05, 3.63) is 33.8 Å². The van der Waals surface area contributed by atoms with Gasteiger partial charge in [-0.05, 0) is 13.0 Å². The maximum atomic E-state index is 5.45. The number of halogens is 1. The summed E-state index contributed by atoms with van der Waals surface area (Å²) in [7, 11) is 6.59. The SMILES string of the molecule is CN=C(NCCc1csc(C)n1)NCc1cc(OC)c(OC)cc1OC.I. The van der Waals surface area contributed by atoms with Crippen LogP contribution in [0.2, 0.25) is 0 Å². The third-order valence-corrected chi connectivity index (χ3v) is 4.62. The van der Waals surface area contributed by atoms with Crippen LogP contribution in [0.3, 0.4) is 0 Å². The largest absolute Gasteiger partial charge is 0.496 e. The third kappa shape index (κ3) is 6.73. The molecular formula is C18H27IN4O3S. The first kappa shape index (κ1) is 23.3. The van der Waals surface area contributed by atoms with E-state index >= 15 is 0 Å². The smallest absolute Gasteiger partial charge is 0.191 e. The lowest BCUT2D eigenvalue weighted by Crippen LogP contribution is -2.38. The number of guanidine groups is 1. The first-order chi connectivity index (χ1) is 12.6. The summed E-state index contributed by atoms with van der Waals surface area (Å²) in [6.07, 6.45) is 0.852. The summed E-state index contributed by atoms with van der Waals surface area (Å²) in [4.78, 5) is 8.71. The van der Waals surface area contributed by atoms with Gasteiger partial charge < -0.3 is 24.8 Å². The van der Waals surface area contributed by atoms with Crippen molar-refractivity contribution in [2.45, 2.75) is 19.9 Å². The molecule has 7 nitrogen and oxygen atoms in total. The molecule has 9 heteroatoms. The summed E-state index contributed by atoms with van der Waals surface area (Å²) in [5, 5.41) is 9.75. The molecule has 150 valence electrons. The number of rotatable bonds is 8. The molecule has 0 amide bonds. The molecule has 0 aliphatic carbocycles. The van der Waals surface area contributed by atoms with Crippen LogP contribution in [0.1, 0.15) is 16.3 Å². The molecule has 0 saturated heterocycles. The Labute approximate surface area is 181 Å². The number of hydrogen-bond donors (Lipinski definition) is 2. The van der Waals surface area contributed by atoms with Gasteiger partial charge in [-0.25, -0.2) is 4.98 Å². The normalized spacial score (nSPS) is 10.8. The highest BCUT2D eigenvalue weighted by atomic mass is 127. The zero-order valence-electron chi connectivity index (χ0n) is 16.3. The molecule has 2 aromatic rings. The summed E-state index contributed by atoms with van der Waals surface area (Å²) < 4.78 is 16.1. The van der Waals surface area contributed by atoms with Crippen LogP contribution < -0.4 is 24.8 Å². The van der Waals surface area contributed by atoms with Crippen LogP contribution in [0.4, 0.5) is 0 Å². The molecule has 0 unspecified atom stereocenters. The summed E-state index contributed by atoms with van der Waals surface area (Å²) in [5.41, 5.74) is 2.04. The van der Waals surface area contributed by atoms with Crippen LogP contribution >= 0.6 is 35.3 Å². The van der Waals surface area contributed by atoms with Gasteiger partial charge in [-0.15, -0.1) is 35.3 Å². The van der Waals surface area contributed by atoms with E-state index in [4.69, 9.17) is 14.2 Å². The van der Waals surface area contributed by atoms with Crippen LogP contribution in [0.15, 0.2) is 22.5 Å². The zero-order valence-corrected chi connectivity index (χ0v) is 19.4. The monoisotopic (exact) mass is 506 g/mol. The van der Waals surface area contributed by atoms with Gasteiger partial charge in [0.25, 0.3) is 0 Å².